The Morgan fingerprint density at radius 1 is 1.52 bits per heavy atom. The van der Waals surface area contributed by atoms with Crippen LogP contribution < -0.4 is 5.32 Å². The zero-order valence-corrected chi connectivity index (χ0v) is 14.1. The number of benzene rings is 1. The normalized spacial score (nSPS) is 23.5. The molecule has 0 aliphatic carbocycles. The molecule has 6 heteroatoms. The number of hydrogen-bond donors (Lipinski definition) is 2. The predicted molar refractivity (Wildman–Crippen MR) is 86.8 cm³/mol. The molecule has 1 aliphatic rings. The summed E-state index contributed by atoms with van der Waals surface area (Å²) in [6.45, 7) is 3.65. The quantitative estimate of drug-likeness (QED) is 0.832. The van der Waals surface area contributed by atoms with Crippen molar-refractivity contribution in [1.29, 1.82) is 0 Å². The van der Waals surface area contributed by atoms with Crippen molar-refractivity contribution in [2.24, 2.45) is 0 Å². The molecule has 0 unspecified atom stereocenters. The molecular weight excluding hydrogens is 321 g/mol. The number of hydrogen-bond acceptors (Lipinski definition) is 3. The molecule has 1 saturated heterocycles. The molecule has 1 amide bonds. The van der Waals surface area contributed by atoms with E-state index in [4.69, 9.17) is 16.3 Å². The van der Waals surface area contributed by atoms with Gasteiger partial charge < -0.3 is 15.2 Å². The van der Waals surface area contributed by atoms with Crippen molar-refractivity contribution in [3.8, 4) is 0 Å². The molecule has 1 aromatic carbocycles. The first-order chi connectivity index (χ1) is 10.9. The second-order valence-electron chi connectivity index (χ2n) is 6.12. The van der Waals surface area contributed by atoms with E-state index in [0.29, 0.717) is 12.8 Å². The molecule has 0 spiro atoms. The molecule has 0 saturated carbocycles. The predicted octanol–water partition coefficient (Wildman–Crippen LogP) is 3.36. The van der Waals surface area contributed by atoms with Crippen molar-refractivity contribution in [3.05, 3.63) is 34.6 Å². The molecule has 2 N–H and O–H groups in total. The topological polar surface area (TPSA) is 58.6 Å². The largest absolute Gasteiger partial charge is 0.386 e. The fraction of sp³-hybridized carbons (Fsp3) is 0.588. The number of rotatable bonds is 6. The first kappa shape index (κ1) is 18.2. The summed E-state index contributed by atoms with van der Waals surface area (Å²) >= 11 is 5.94. The lowest BCUT2D eigenvalue weighted by molar-refractivity contribution is -0.123. The molecule has 0 bridgehead atoms. The van der Waals surface area contributed by atoms with Crippen molar-refractivity contribution in [2.75, 3.05) is 0 Å². The maximum absolute atomic E-state index is 13.8. The number of amides is 1. The van der Waals surface area contributed by atoms with E-state index in [9.17, 15) is 14.3 Å². The zero-order chi connectivity index (χ0) is 17.0. The van der Waals surface area contributed by atoms with Gasteiger partial charge >= 0.3 is 0 Å². The fourth-order valence-corrected chi connectivity index (χ4v) is 3.11. The minimum atomic E-state index is -1.20. The monoisotopic (exact) mass is 343 g/mol. The number of ether oxygens (including phenoxy) is 1. The van der Waals surface area contributed by atoms with Gasteiger partial charge in [-0.1, -0.05) is 17.7 Å². The van der Waals surface area contributed by atoms with Gasteiger partial charge in [-0.3, -0.25) is 4.79 Å². The molecule has 128 valence electrons. The molecule has 0 radical (unpaired) electrons. The molecule has 1 heterocycles. The van der Waals surface area contributed by atoms with Gasteiger partial charge in [0.15, 0.2) is 0 Å². The van der Waals surface area contributed by atoms with Crippen LogP contribution in [0.1, 0.15) is 51.2 Å². The van der Waals surface area contributed by atoms with Crippen LogP contribution in [0.2, 0.25) is 5.02 Å². The van der Waals surface area contributed by atoms with Crippen molar-refractivity contribution in [1.82, 2.24) is 5.32 Å². The van der Waals surface area contributed by atoms with Gasteiger partial charge in [0.25, 0.3) is 0 Å². The van der Waals surface area contributed by atoms with Gasteiger partial charge in [0.05, 0.1) is 18.2 Å². The van der Waals surface area contributed by atoms with Gasteiger partial charge in [0, 0.05) is 17.0 Å². The maximum Gasteiger partial charge on any atom is 0.220 e. The molecule has 0 aromatic heterocycles. The third kappa shape index (κ3) is 4.90. The maximum atomic E-state index is 13.8. The molecule has 23 heavy (non-hydrogen) atoms. The van der Waals surface area contributed by atoms with Gasteiger partial charge in [-0.15, -0.1) is 0 Å². The SMILES string of the molecule is C[C@@H]1CC[C@H](CCC(=O)N[C@@H](C)[C@H](O)c2c(F)cccc2Cl)O1. The lowest BCUT2D eigenvalue weighted by atomic mass is 10.0. The van der Waals surface area contributed by atoms with Gasteiger partial charge in [-0.05, 0) is 45.2 Å². The minimum absolute atomic E-state index is 0.00918. The van der Waals surface area contributed by atoms with Gasteiger partial charge in [-0.2, -0.15) is 0 Å². The van der Waals surface area contributed by atoms with Crippen molar-refractivity contribution >= 4 is 17.5 Å². The van der Waals surface area contributed by atoms with Crippen LogP contribution >= 0.6 is 11.6 Å². The smallest absolute Gasteiger partial charge is 0.220 e. The Morgan fingerprint density at radius 2 is 2.26 bits per heavy atom. The van der Waals surface area contributed by atoms with Crippen LogP contribution in [0, 0.1) is 5.82 Å². The van der Waals surface area contributed by atoms with Crippen LogP contribution in [0.5, 0.6) is 0 Å². The lowest BCUT2D eigenvalue weighted by Gasteiger charge is -2.22. The van der Waals surface area contributed by atoms with Crippen molar-refractivity contribution < 1.29 is 19.0 Å². The van der Waals surface area contributed by atoms with E-state index in [1.807, 2.05) is 6.92 Å². The van der Waals surface area contributed by atoms with E-state index in [1.165, 1.54) is 18.2 Å². The molecule has 4 atom stereocenters. The van der Waals surface area contributed by atoms with Gasteiger partial charge in [0.1, 0.15) is 11.9 Å². The molecule has 1 fully saturated rings. The number of halogens is 2. The number of carbonyl (C=O) groups is 1. The molecule has 4 nitrogen and oxygen atoms in total. The summed E-state index contributed by atoms with van der Waals surface area (Å²) in [5.74, 6) is -0.772. The first-order valence-corrected chi connectivity index (χ1v) is 8.33. The summed E-state index contributed by atoms with van der Waals surface area (Å²) in [6.07, 6.45) is 2.14. The Balaban J connectivity index is 1.85. The van der Waals surface area contributed by atoms with Crippen LogP contribution in [0.15, 0.2) is 18.2 Å². The number of nitrogens with one attached hydrogen (secondary N) is 1. The number of carbonyl (C=O) groups excluding carboxylic acids is 1. The minimum Gasteiger partial charge on any atom is -0.386 e. The lowest BCUT2D eigenvalue weighted by Crippen LogP contribution is -2.37. The van der Waals surface area contributed by atoms with Crippen LogP contribution in [-0.4, -0.2) is 29.3 Å². The van der Waals surface area contributed by atoms with E-state index in [1.54, 1.807) is 6.92 Å². The summed E-state index contributed by atoms with van der Waals surface area (Å²) in [7, 11) is 0. The summed E-state index contributed by atoms with van der Waals surface area (Å²) in [5, 5.41) is 13.1. The second kappa shape index (κ2) is 8.08. The summed E-state index contributed by atoms with van der Waals surface area (Å²) in [5.41, 5.74) is 0.00918. The third-order valence-electron chi connectivity index (χ3n) is 4.17. The average molecular weight is 344 g/mol. The Kier molecular flexibility index (Phi) is 6.39. The summed E-state index contributed by atoms with van der Waals surface area (Å²) in [4.78, 5) is 12.0. The van der Waals surface area contributed by atoms with Crippen LogP contribution in [-0.2, 0) is 9.53 Å². The van der Waals surface area contributed by atoms with Crippen LogP contribution in [0.4, 0.5) is 4.39 Å². The molecule has 2 rings (SSSR count). The van der Waals surface area contributed by atoms with E-state index < -0.39 is 18.0 Å². The first-order valence-electron chi connectivity index (χ1n) is 7.95. The number of aliphatic hydroxyl groups is 1. The van der Waals surface area contributed by atoms with Crippen molar-refractivity contribution in [2.45, 2.75) is 63.9 Å². The fourth-order valence-electron chi connectivity index (χ4n) is 2.84. The van der Waals surface area contributed by atoms with E-state index in [2.05, 4.69) is 5.32 Å². The van der Waals surface area contributed by atoms with Crippen LogP contribution in [0.3, 0.4) is 0 Å². The highest BCUT2D eigenvalue weighted by atomic mass is 35.5. The Bertz CT molecular complexity index is 534. The molecule has 1 aromatic rings. The summed E-state index contributed by atoms with van der Waals surface area (Å²) in [6, 6.07) is 3.58. The van der Waals surface area contributed by atoms with Crippen molar-refractivity contribution in [3.63, 3.8) is 0 Å². The highest BCUT2D eigenvalue weighted by Gasteiger charge is 2.25. The Morgan fingerprint density at radius 3 is 2.87 bits per heavy atom. The number of aliphatic hydroxyl groups excluding tert-OH is 1. The average Bonchev–Trinajstić information content (AvgIpc) is 2.90. The second-order valence-corrected chi connectivity index (χ2v) is 6.53. The molecule has 1 aliphatic heterocycles. The highest BCUT2D eigenvalue weighted by molar-refractivity contribution is 6.31. The standard InChI is InChI=1S/C17H23ClFNO3/c1-10-6-7-12(23-10)8-9-15(21)20-11(2)17(22)16-13(18)4-3-5-14(16)19/h3-5,10-12,17,22H,6-9H2,1-2H3,(H,20,21)/t10-,11+,12-,17+/m1/s1. The van der Waals surface area contributed by atoms with Crippen LogP contribution in [0.25, 0.3) is 0 Å². The van der Waals surface area contributed by atoms with E-state index in [-0.39, 0.29) is 28.7 Å². The zero-order valence-electron chi connectivity index (χ0n) is 13.4. The summed E-state index contributed by atoms with van der Waals surface area (Å²) < 4.78 is 19.5. The Labute approximate surface area is 141 Å². The highest BCUT2D eigenvalue weighted by Crippen LogP contribution is 2.28. The third-order valence-corrected chi connectivity index (χ3v) is 4.50. The Hall–Kier alpha value is -1.17. The molecular formula is C17H23ClFNO3. The van der Waals surface area contributed by atoms with E-state index >= 15 is 0 Å². The van der Waals surface area contributed by atoms with E-state index in [0.717, 1.165) is 12.8 Å². The van der Waals surface area contributed by atoms with Gasteiger partial charge in [0.2, 0.25) is 5.91 Å². The van der Waals surface area contributed by atoms with Gasteiger partial charge in [-0.25, -0.2) is 4.39 Å².